The summed E-state index contributed by atoms with van der Waals surface area (Å²) in [5, 5.41) is 0. The van der Waals surface area contributed by atoms with Crippen LogP contribution in [-0.4, -0.2) is 0 Å². The average Bonchev–Trinajstić information content (AvgIpc) is 3.38. The highest BCUT2D eigenvalue weighted by Crippen LogP contribution is 2.52. The van der Waals surface area contributed by atoms with Crippen LogP contribution in [0.4, 0.5) is 0 Å². The van der Waals surface area contributed by atoms with Crippen molar-refractivity contribution in [3.8, 4) is 22.3 Å². The summed E-state index contributed by atoms with van der Waals surface area (Å²) >= 11 is 2.01. The van der Waals surface area contributed by atoms with Crippen molar-refractivity contribution >= 4 is 11.8 Å². The van der Waals surface area contributed by atoms with E-state index in [1.54, 1.807) is 0 Å². The van der Waals surface area contributed by atoms with Gasteiger partial charge in [0, 0.05) is 9.79 Å². The maximum atomic E-state index is 2.47. The van der Waals surface area contributed by atoms with Crippen LogP contribution in [0.1, 0.15) is 86.1 Å². The van der Waals surface area contributed by atoms with Crippen LogP contribution in [0.2, 0.25) is 0 Å². The standard InChI is InChI=1S/C36H38S/c1-21-9-11-25-17-23-13-15-27(35(3,4)5)19-29(23)31(25)33(21)37-34-22(2)10-12-26-18-24-14-16-28(36(6,7)8)20-30(24)32(26)34/h9-16,19-20H,17-18H2,1-8H3. The quantitative estimate of drug-likeness (QED) is 0.227. The Morgan fingerprint density at radius 2 is 0.892 bits per heavy atom. The normalized spacial score (nSPS) is 13.8. The molecule has 0 N–H and O–H groups in total. The number of rotatable bonds is 2. The van der Waals surface area contributed by atoms with Gasteiger partial charge < -0.3 is 0 Å². The molecule has 0 fully saturated rings. The Balaban J connectivity index is 1.53. The average molecular weight is 503 g/mol. The van der Waals surface area contributed by atoms with Crippen molar-refractivity contribution in [2.75, 3.05) is 0 Å². The second-order valence-electron chi connectivity index (χ2n) is 13.2. The third-order valence-corrected chi connectivity index (χ3v) is 9.80. The molecule has 0 heterocycles. The molecule has 0 bridgehead atoms. The van der Waals surface area contributed by atoms with Crippen LogP contribution in [0.5, 0.6) is 0 Å². The first-order valence-corrected chi connectivity index (χ1v) is 14.4. The van der Waals surface area contributed by atoms with E-state index in [2.05, 4.69) is 116 Å². The van der Waals surface area contributed by atoms with Crippen LogP contribution >= 0.6 is 11.8 Å². The molecule has 0 nitrogen and oxygen atoms in total. The van der Waals surface area contributed by atoms with Gasteiger partial charge in [-0.15, -0.1) is 0 Å². The molecule has 0 radical (unpaired) electrons. The molecular weight excluding hydrogens is 464 g/mol. The van der Waals surface area contributed by atoms with E-state index in [1.807, 2.05) is 11.8 Å². The predicted molar refractivity (Wildman–Crippen MR) is 160 cm³/mol. The Morgan fingerprint density at radius 3 is 1.27 bits per heavy atom. The molecule has 2 aliphatic carbocycles. The number of benzene rings is 4. The molecule has 37 heavy (non-hydrogen) atoms. The summed E-state index contributed by atoms with van der Waals surface area (Å²) in [5.74, 6) is 0. The first-order valence-electron chi connectivity index (χ1n) is 13.6. The van der Waals surface area contributed by atoms with Crippen molar-refractivity contribution in [1.82, 2.24) is 0 Å². The van der Waals surface area contributed by atoms with Crippen molar-refractivity contribution in [1.29, 1.82) is 0 Å². The van der Waals surface area contributed by atoms with Gasteiger partial charge >= 0.3 is 0 Å². The van der Waals surface area contributed by atoms with Crippen LogP contribution in [0.25, 0.3) is 22.3 Å². The molecule has 6 rings (SSSR count). The van der Waals surface area contributed by atoms with Crippen molar-refractivity contribution in [2.24, 2.45) is 0 Å². The highest BCUT2D eigenvalue weighted by Gasteiger charge is 2.29. The molecule has 0 spiro atoms. The third-order valence-electron chi connectivity index (χ3n) is 8.34. The van der Waals surface area contributed by atoms with E-state index < -0.39 is 0 Å². The largest absolute Gasteiger partial charge is 0.0882 e. The summed E-state index contributed by atoms with van der Waals surface area (Å²) in [4.78, 5) is 2.86. The molecule has 0 aromatic heterocycles. The minimum atomic E-state index is 0.139. The van der Waals surface area contributed by atoms with E-state index in [4.69, 9.17) is 0 Å². The number of hydrogen-bond acceptors (Lipinski definition) is 1. The molecule has 2 aliphatic rings. The van der Waals surface area contributed by atoms with Gasteiger partial charge in [0.15, 0.2) is 0 Å². The maximum Gasteiger partial charge on any atom is 0.0233 e. The fraction of sp³-hybridized carbons (Fsp3) is 0.333. The lowest BCUT2D eigenvalue weighted by molar-refractivity contribution is 0.590. The highest BCUT2D eigenvalue weighted by atomic mass is 32.2. The zero-order valence-electron chi connectivity index (χ0n) is 23.6. The van der Waals surface area contributed by atoms with Crippen LogP contribution in [0, 0.1) is 13.8 Å². The van der Waals surface area contributed by atoms with E-state index in [0.29, 0.717) is 0 Å². The summed E-state index contributed by atoms with van der Waals surface area (Å²) < 4.78 is 0. The highest BCUT2D eigenvalue weighted by molar-refractivity contribution is 7.99. The molecule has 0 saturated heterocycles. The Hall–Kier alpha value is -2.77. The zero-order valence-corrected chi connectivity index (χ0v) is 24.4. The summed E-state index contributed by atoms with van der Waals surface area (Å²) in [6.07, 6.45) is 2.07. The smallest absolute Gasteiger partial charge is 0.0233 e. The van der Waals surface area contributed by atoms with Gasteiger partial charge in [0.1, 0.15) is 0 Å². The monoisotopic (exact) mass is 502 g/mol. The van der Waals surface area contributed by atoms with Gasteiger partial charge in [0.2, 0.25) is 0 Å². The zero-order chi connectivity index (χ0) is 26.3. The van der Waals surface area contributed by atoms with Gasteiger partial charge in [-0.1, -0.05) is 114 Å². The van der Waals surface area contributed by atoms with Gasteiger partial charge in [-0.3, -0.25) is 0 Å². The van der Waals surface area contributed by atoms with Gasteiger partial charge in [-0.25, -0.2) is 0 Å². The lowest BCUT2D eigenvalue weighted by Gasteiger charge is -2.22. The molecule has 0 aliphatic heterocycles. The van der Waals surface area contributed by atoms with Gasteiger partial charge in [-0.2, -0.15) is 0 Å². The van der Waals surface area contributed by atoms with Crippen molar-refractivity contribution in [2.45, 2.75) is 88.9 Å². The number of hydrogen-bond donors (Lipinski definition) is 0. The second-order valence-corrected chi connectivity index (χ2v) is 14.2. The molecule has 4 aromatic rings. The van der Waals surface area contributed by atoms with Crippen molar-refractivity contribution < 1.29 is 0 Å². The number of fused-ring (bicyclic) bond motifs is 6. The first-order chi connectivity index (χ1) is 17.4. The molecule has 0 saturated carbocycles. The maximum absolute atomic E-state index is 2.47. The molecule has 188 valence electrons. The molecule has 1 heteroatoms. The van der Waals surface area contributed by atoms with Crippen LogP contribution in [0.15, 0.2) is 70.5 Å². The van der Waals surface area contributed by atoms with E-state index in [1.165, 1.54) is 76.6 Å². The first kappa shape index (κ1) is 24.6. The van der Waals surface area contributed by atoms with Crippen LogP contribution in [-0.2, 0) is 23.7 Å². The molecule has 4 aromatic carbocycles. The van der Waals surface area contributed by atoms with E-state index in [9.17, 15) is 0 Å². The van der Waals surface area contributed by atoms with Crippen molar-refractivity contribution in [3.05, 3.63) is 105 Å². The molecular formula is C36H38S. The fourth-order valence-electron chi connectivity index (χ4n) is 5.98. The van der Waals surface area contributed by atoms with Gasteiger partial charge in [0.25, 0.3) is 0 Å². The van der Waals surface area contributed by atoms with Gasteiger partial charge in [0.05, 0.1) is 0 Å². The summed E-state index contributed by atoms with van der Waals surface area (Å²) in [6, 6.07) is 23.7. The number of aryl methyl sites for hydroxylation is 2. The SMILES string of the molecule is Cc1ccc2c(c1Sc1c(C)ccc3c1-c1cc(C(C)(C)C)ccc1C3)-c1cc(C(C)(C)C)ccc1C2. The van der Waals surface area contributed by atoms with E-state index in [0.717, 1.165) is 12.8 Å². The topological polar surface area (TPSA) is 0 Å². The van der Waals surface area contributed by atoms with Crippen LogP contribution < -0.4 is 0 Å². The lowest BCUT2D eigenvalue weighted by atomic mass is 9.85. The second kappa shape index (κ2) is 8.37. The predicted octanol–water partition coefficient (Wildman–Crippen LogP) is 10.2. The Morgan fingerprint density at radius 1 is 0.514 bits per heavy atom. The van der Waals surface area contributed by atoms with Crippen LogP contribution in [0.3, 0.4) is 0 Å². The summed E-state index contributed by atoms with van der Waals surface area (Å²) in [6.45, 7) is 18.5. The Kier molecular flexibility index (Phi) is 5.55. The van der Waals surface area contributed by atoms with E-state index >= 15 is 0 Å². The Labute approximate surface area is 227 Å². The summed E-state index contributed by atoms with van der Waals surface area (Å²) in [5.41, 5.74) is 17.5. The lowest BCUT2D eigenvalue weighted by Crippen LogP contribution is -2.11. The van der Waals surface area contributed by atoms with Gasteiger partial charge in [-0.05, 0) is 104 Å². The third kappa shape index (κ3) is 4.07. The van der Waals surface area contributed by atoms with E-state index in [-0.39, 0.29) is 10.8 Å². The molecule has 0 unspecified atom stereocenters. The summed E-state index contributed by atoms with van der Waals surface area (Å²) in [7, 11) is 0. The molecule has 0 atom stereocenters. The minimum Gasteiger partial charge on any atom is -0.0882 e. The Bertz CT molecular complexity index is 1450. The van der Waals surface area contributed by atoms with Crippen molar-refractivity contribution in [3.63, 3.8) is 0 Å². The molecule has 0 amide bonds. The minimum absolute atomic E-state index is 0.139. The fourth-order valence-corrected chi connectivity index (χ4v) is 7.32.